The Balaban J connectivity index is 1.53. The van der Waals surface area contributed by atoms with Crippen LogP contribution in [0.3, 0.4) is 0 Å². The monoisotopic (exact) mass is 436 g/mol. The van der Waals surface area contributed by atoms with E-state index in [0.29, 0.717) is 12.4 Å². The molecular weight excluding hydrogens is 408 g/mol. The Kier molecular flexibility index (Phi) is 5.63. The highest BCUT2D eigenvalue weighted by Crippen LogP contribution is 2.34. The number of hydrogen-bond donors (Lipinski definition) is 1. The van der Waals surface area contributed by atoms with Gasteiger partial charge in [0.15, 0.2) is 0 Å². The van der Waals surface area contributed by atoms with Crippen LogP contribution in [0.5, 0.6) is 0 Å². The summed E-state index contributed by atoms with van der Waals surface area (Å²) in [5.41, 5.74) is 2.90. The van der Waals surface area contributed by atoms with Crippen LogP contribution in [0.15, 0.2) is 29.1 Å². The van der Waals surface area contributed by atoms with Gasteiger partial charge in [-0.2, -0.15) is 0 Å². The van der Waals surface area contributed by atoms with Crippen molar-refractivity contribution in [1.29, 1.82) is 0 Å². The fourth-order valence-electron chi connectivity index (χ4n) is 4.75. The number of aryl methyl sites for hydroxylation is 3. The summed E-state index contributed by atoms with van der Waals surface area (Å²) in [6.07, 6.45) is 6.61. The van der Waals surface area contributed by atoms with Crippen molar-refractivity contribution >= 4 is 33.1 Å². The number of nitrogens with zero attached hydrogens (tertiary/aromatic N) is 3. The van der Waals surface area contributed by atoms with Crippen LogP contribution in [0.4, 0.5) is 5.69 Å². The van der Waals surface area contributed by atoms with Crippen LogP contribution in [0.1, 0.15) is 47.5 Å². The molecule has 1 N–H and O–H groups in total. The largest absolute Gasteiger partial charge is 0.324 e. The van der Waals surface area contributed by atoms with E-state index in [9.17, 15) is 9.59 Å². The van der Waals surface area contributed by atoms with Gasteiger partial charge in [-0.05, 0) is 75.7 Å². The lowest BCUT2D eigenvalue weighted by molar-refractivity contribution is -0.116. The van der Waals surface area contributed by atoms with Crippen molar-refractivity contribution in [3.05, 3.63) is 56.4 Å². The van der Waals surface area contributed by atoms with Gasteiger partial charge in [-0.25, -0.2) is 4.98 Å². The van der Waals surface area contributed by atoms with Crippen molar-refractivity contribution in [3.63, 3.8) is 0 Å². The molecule has 1 aromatic carbocycles. The minimum absolute atomic E-state index is 0.0100. The Morgan fingerprint density at radius 3 is 2.71 bits per heavy atom. The molecule has 0 atom stereocenters. The van der Waals surface area contributed by atoms with E-state index in [1.54, 1.807) is 15.9 Å². The van der Waals surface area contributed by atoms with Gasteiger partial charge in [0.05, 0.1) is 11.9 Å². The molecule has 3 heterocycles. The van der Waals surface area contributed by atoms with Gasteiger partial charge in [0.1, 0.15) is 17.2 Å². The van der Waals surface area contributed by atoms with E-state index in [2.05, 4.69) is 10.2 Å². The highest BCUT2D eigenvalue weighted by molar-refractivity contribution is 7.18. The quantitative estimate of drug-likeness (QED) is 0.659. The normalized spacial score (nSPS) is 16.5. The maximum Gasteiger partial charge on any atom is 0.263 e. The van der Waals surface area contributed by atoms with Crippen LogP contribution in [-0.4, -0.2) is 33.4 Å². The molecule has 1 amide bonds. The Morgan fingerprint density at radius 1 is 1.13 bits per heavy atom. The summed E-state index contributed by atoms with van der Waals surface area (Å²) >= 11 is 1.67. The predicted molar refractivity (Wildman–Crippen MR) is 125 cm³/mol. The Bertz CT molecular complexity index is 1190. The van der Waals surface area contributed by atoms with Crippen molar-refractivity contribution < 1.29 is 4.79 Å². The van der Waals surface area contributed by atoms with Crippen molar-refractivity contribution in [1.82, 2.24) is 14.5 Å². The summed E-state index contributed by atoms with van der Waals surface area (Å²) < 4.78 is 1.62. The maximum atomic E-state index is 13.6. The first-order valence-corrected chi connectivity index (χ1v) is 12.0. The van der Waals surface area contributed by atoms with E-state index in [4.69, 9.17) is 4.98 Å². The third-order valence-corrected chi connectivity index (χ3v) is 7.62. The summed E-state index contributed by atoms with van der Waals surface area (Å²) in [5.74, 6) is 0.516. The second-order valence-electron chi connectivity index (χ2n) is 8.66. The number of anilines is 1. The molecule has 7 heteroatoms. The highest BCUT2D eigenvalue weighted by atomic mass is 32.1. The van der Waals surface area contributed by atoms with Gasteiger partial charge < -0.3 is 5.32 Å². The van der Waals surface area contributed by atoms with Gasteiger partial charge in [0.25, 0.3) is 5.56 Å². The van der Waals surface area contributed by atoms with Gasteiger partial charge in [-0.1, -0.05) is 18.2 Å². The van der Waals surface area contributed by atoms with Gasteiger partial charge in [0, 0.05) is 10.6 Å². The first-order valence-electron chi connectivity index (χ1n) is 11.2. The molecule has 1 saturated heterocycles. The molecule has 0 spiro atoms. The third-order valence-electron chi connectivity index (χ3n) is 6.44. The summed E-state index contributed by atoms with van der Waals surface area (Å²) in [5, 5.41) is 3.72. The molecule has 2 aliphatic rings. The predicted octanol–water partition coefficient (Wildman–Crippen LogP) is 3.88. The minimum Gasteiger partial charge on any atom is -0.324 e. The lowest BCUT2D eigenvalue weighted by Gasteiger charge is -2.18. The summed E-state index contributed by atoms with van der Waals surface area (Å²) in [7, 11) is 0. The Hall–Kier alpha value is -2.51. The van der Waals surface area contributed by atoms with E-state index in [1.807, 2.05) is 31.2 Å². The van der Waals surface area contributed by atoms with Crippen molar-refractivity contribution in [3.8, 4) is 0 Å². The average Bonchev–Trinajstić information content (AvgIpc) is 3.40. The number of para-hydroxylation sites is 1. The topological polar surface area (TPSA) is 67.2 Å². The van der Waals surface area contributed by atoms with Crippen LogP contribution >= 0.6 is 11.3 Å². The smallest absolute Gasteiger partial charge is 0.263 e. The zero-order valence-corrected chi connectivity index (χ0v) is 18.8. The average molecular weight is 437 g/mol. The fraction of sp³-hybridized carbons (Fsp3) is 0.458. The van der Waals surface area contributed by atoms with Crippen LogP contribution in [0.2, 0.25) is 0 Å². The van der Waals surface area contributed by atoms with E-state index in [1.165, 1.54) is 29.7 Å². The van der Waals surface area contributed by atoms with Gasteiger partial charge in [-0.3, -0.25) is 19.1 Å². The van der Waals surface area contributed by atoms with Gasteiger partial charge in [0.2, 0.25) is 5.91 Å². The van der Waals surface area contributed by atoms with Gasteiger partial charge >= 0.3 is 0 Å². The fourth-order valence-corrected chi connectivity index (χ4v) is 6.02. The number of rotatable bonds is 5. The number of carbonyl (C=O) groups excluding carboxylic acids is 1. The van der Waals surface area contributed by atoms with E-state index in [-0.39, 0.29) is 18.0 Å². The van der Waals surface area contributed by atoms with Crippen molar-refractivity contribution in [2.45, 2.75) is 58.5 Å². The molecule has 1 aliphatic heterocycles. The van der Waals surface area contributed by atoms with E-state index < -0.39 is 0 Å². The number of hydrogen-bond acceptors (Lipinski definition) is 5. The van der Waals surface area contributed by atoms with Crippen molar-refractivity contribution in [2.75, 3.05) is 18.4 Å². The SMILES string of the molecule is Cc1ccccc1NC(=O)Cn1c(CN2CCCC2)nc2sc3c(c2c1=O)CCCC3. The summed E-state index contributed by atoms with van der Waals surface area (Å²) in [4.78, 5) is 36.0. The zero-order valence-electron chi connectivity index (χ0n) is 17.9. The Morgan fingerprint density at radius 2 is 1.90 bits per heavy atom. The molecule has 0 radical (unpaired) electrons. The van der Waals surface area contributed by atoms with Crippen LogP contribution in [-0.2, 0) is 30.7 Å². The first kappa shape index (κ1) is 20.4. The number of carbonyl (C=O) groups is 1. The van der Waals surface area contributed by atoms with E-state index in [0.717, 1.165) is 53.8 Å². The molecule has 5 rings (SSSR count). The number of fused-ring (bicyclic) bond motifs is 3. The lowest BCUT2D eigenvalue weighted by Crippen LogP contribution is -2.34. The molecule has 0 saturated carbocycles. The third kappa shape index (κ3) is 4.04. The molecule has 2 aromatic heterocycles. The number of nitrogens with one attached hydrogen (secondary N) is 1. The maximum absolute atomic E-state index is 13.6. The number of aromatic nitrogens is 2. The van der Waals surface area contributed by atoms with E-state index >= 15 is 0 Å². The summed E-state index contributed by atoms with van der Waals surface area (Å²) in [6, 6.07) is 7.70. The van der Waals surface area contributed by atoms with Crippen molar-refractivity contribution in [2.24, 2.45) is 0 Å². The van der Waals surface area contributed by atoms with Crippen LogP contribution < -0.4 is 10.9 Å². The molecule has 0 bridgehead atoms. The minimum atomic E-state index is -0.190. The molecule has 6 nitrogen and oxygen atoms in total. The number of amides is 1. The number of thiophene rings is 1. The Labute approximate surface area is 185 Å². The highest BCUT2D eigenvalue weighted by Gasteiger charge is 2.24. The molecule has 31 heavy (non-hydrogen) atoms. The van der Waals surface area contributed by atoms with Crippen LogP contribution in [0.25, 0.3) is 10.2 Å². The molecule has 3 aromatic rings. The first-order chi connectivity index (χ1) is 15.1. The molecule has 1 aliphatic carbocycles. The number of likely N-dealkylation sites (tertiary alicyclic amines) is 1. The second kappa shape index (κ2) is 8.55. The van der Waals surface area contributed by atoms with Gasteiger partial charge in [-0.15, -0.1) is 11.3 Å². The molecule has 162 valence electrons. The number of benzene rings is 1. The molecule has 0 unspecified atom stereocenters. The molecular formula is C24H28N4O2S. The molecule has 1 fully saturated rings. The standard InChI is InChI=1S/C24H28N4O2S/c1-16-8-2-4-10-18(16)25-21(29)15-28-20(14-27-12-6-7-13-27)26-23-22(24(28)30)17-9-3-5-11-19(17)31-23/h2,4,8,10H,3,5-7,9,11-15H2,1H3,(H,25,29). The zero-order chi connectivity index (χ0) is 21.4. The second-order valence-corrected chi connectivity index (χ2v) is 9.74. The summed E-state index contributed by atoms with van der Waals surface area (Å²) in [6.45, 7) is 4.61. The van der Waals surface area contributed by atoms with Crippen LogP contribution in [0, 0.1) is 6.92 Å². The lowest BCUT2D eigenvalue weighted by atomic mass is 9.97.